The first-order valence-corrected chi connectivity index (χ1v) is 23.4. The van der Waals surface area contributed by atoms with Gasteiger partial charge < -0.3 is 28.5 Å². The van der Waals surface area contributed by atoms with Crippen molar-refractivity contribution in [1.82, 2.24) is 0 Å². The topological polar surface area (TPSA) is 108 Å². The minimum absolute atomic E-state index is 0.170. The number of aliphatic carboxylic acids is 1. The lowest BCUT2D eigenvalue weighted by atomic mass is 10.1. The summed E-state index contributed by atoms with van der Waals surface area (Å²) in [5.41, 5.74) is 0. The van der Waals surface area contributed by atoms with Crippen molar-refractivity contribution in [3.63, 3.8) is 0 Å². The number of quaternary nitrogens is 1. The first kappa shape index (κ1) is 57.2. The summed E-state index contributed by atoms with van der Waals surface area (Å²) >= 11 is 0. The molecule has 0 radical (unpaired) electrons. The fourth-order valence-corrected chi connectivity index (χ4v) is 5.70. The van der Waals surface area contributed by atoms with Crippen LogP contribution in [0.3, 0.4) is 0 Å². The molecule has 0 aliphatic carbocycles. The lowest BCUT2D eigenvalue weighted by molar-refractivity contribution is -0.870. The zero-order valence-corrected chi connectivity index (χ0v) is 39.0. The standard InChI is InChI=1S/C52H85NO8/c1-6-8-10-12-14-16-18-20-21-22-23-24-25-26-27-28-29-31-33-35-37-39-41-43-50(55)61-48(47-60-52(51(56)57)58-45-44-53(3,4)5)46-59-49(54)42-40-38-36-34-32-30-19-17-15-13-11-9-7-2/h8,10,14,16-17,19-21,23-24,26-27,29,31,35,37,48,52H,6-7,9,11-13,15,18,22,25,28,30,32-34,36,38-47H2,1-5H3/p+1/b10-8-,16-14-,19-17-,21-20-,24-23-,27-26-,31-29-,37-35-. The number of carbonyl (C=O) groups excluding carboxylic acids is 2. The van der Waals surface area contributed by atoms with E-state index >= 15 is 0 Å². The SMILES string of the molecule is CC/C=C\C/C=C\C/C=C\C/C=C\C/C=C\C/C=C\C/C=C\CCCC(=O)OC(COC(=O)CCCCCCC/C=C\CCCCCC)COC(OCC[N+](C)(C)C)C(=O)O. The Morgan fingerprint density at radius 2 is 0.951 bits per heavy atom. The Morgan fingerprint density at radius 1 is 0.508 bits per heavy atom. The Bertz CT molecular complexity index is 1320. The normalized spacial score (nSPS) is 13.8. The molecular weight excluding hydrogens is 767 g/mol. The largest absolute Gasteiger partial charge is 0.477 e. The molecule has 0 bridgehead atoms. The van der Waals surface area contributed by atoms with Crippen molar-refractivity contribution in [3.8, 4) is 0 Å². The Labute approximate surface area is 372 Å². The van der Waals surface area contributed by atoms with Crippen molar-refractivity contribution < 1.29 is 42.9 Å². The van der Waals surface area contributed by atoms with Crippen molar-refractivity contribution in [2.75, 3.05) is 47.5 Å². The molecule has 0 aliphatic heterocycles. The highest BCUT2D eigenvalue weighted by Gasteiger charge is 2.25. The molecule has 346 valence electrons. The van der Waals surface area contributed by atoms with Crippen LogP contribution < -0.4 is 0 Å². The van der Waals surface area contributed by atoms with Crippen molar-refractivity contribution in [1.29, 1.82) is 0 Å². The van der Waals surface area contributed by atoms with Gasteiger partial charge in [-0.1, -0.05) is 150 Å². The number of nitrogens with zero attached hydrogens (tertiary/aromatic N) is 1. The van der Waals surface area contributed by atoms with Gasteiger partial charge in [0.15, 0.2) is 6.10 Å². The van der Waals surface area contributed by atoms with Crippen LogP contribution in [0, 0.1) is 0 Å². The van der Waals surface area contributed by atoms with Gasteiger partial charge >= 0.3 is 17.9 Å². The van der Waals surface area contributed by atoms with E-state index in [4.69, 9.17) is 18.9 Å². The molecule has 61 heavy (non-hydrogen) atoms. The average Bonchev–Trinajstić information content (AvgIpc) is 3.22. The van der Waals surface area contributed by atoms with E-state index in [0.717, 1.165) is 83.5 Å². The van der Waals surface area contributed by atoms with E-state index in [1.165, 1.54) is 32.1 Å². The lowest BCUT2D eigenvalue weighted by Crippen LogP contribution is -2.40. The summed E-state index contributed by atoms with van der Waals surface area (Å²) in [4.78, 5) is 37.1. The summed E-state index contributed by atoms with van der Waals surface area (Å²) < 4.78 is 22.6. The quantitative estimate of drug-likeness (QED) is 0.0213. The van der Waals surface area contributed by atoms with Crippen LogP contribution in [0.4, 0.5) is 0 Å². The van der Waals surface area contributed by atoms with Gasteiger partial charge in [-0.15, -0.1) is 0 Å². The molecule has 0 saturated carbocycles. The Morgan fingerprint density at radius 3 is 1.46 bits per heavy atom. The molecule has 0 rings (SSSR count). The molecule has 0 amide bonds. The Hall–Kier alpha value is -3.79. The maximum atomic E-state index is 12.8. The maximum absolute atomic E-state index is 12.8. The zero-order chi connectivity index (χ0) is 44.9. The summed E-state index contributed by atoms with van der Waals surface area (Å²) in [6.45, 7) is 4.63. The van der Waals surface area contributed by atoms with Crippen LogP contribution in [0.25, 0.3) is 0 Å². The van der Waals surface area contributed by atoms with Crippen LogP contribution in [0.5, 0.6) is 0 Å². The highest BCUT2D eigenvalue weighted by molar-refractivity contribution is 5.71. The van der Waals surface area contributed by atoms with Gasteiger partial charge in [-0.3, -0.25) is 9.59 Å². The number of carboxylic acid groups (broad SMARTS) is 1. The molecule has 9 nitrogen and oxygen atoms in total. The molecule has 0 spiro atoms. The van der Waals surface area contributed by atoms with Gasteiger partial charge in [0.05, 0.1) is 34.4 Å². The molecule has 2 unspecified atom stereocenters. The smallest absolute Gasteiger partial charge is 0.361 e. The fraction of sp³-hybridized carbons (Fsp3) is 0.635. The van der Waals surface area contributed by atoms with Gasteiger partial charge in [0.2, 0.25) is 0 Å². The monoisotopic (exact) mass is 853 g/mol. The van der Waals surface area contributed by atoms with E-state index in [1.54, 1.807) is 0 Å². The molecule has 0 fully saturated rings. The van der Waals surface area contributed by atoms with E-state index < -0.39 is 24.3 Å². The first-order chi connectivity index (χ1) is 29.6. The van der Waals surface area contributed by atoms with Crippen molar-refractivity contribution in [2.45, 2.75) is 167 Å². The second-order valence-corrected chi connectivity index (χ2v) is 16.3. The predicted molar refractivity (Wildman–Crippen MR) is 253 cm³/mol. The number of likely N-dealkylation sites (N-methyl/N-ethyl adjacent to an activating group) is 1. The number of allylic oxidation sites excluding steroid dienone is 16. The fourth-order valence-electron chi connectivity index (χ4n) is 5.70. The van der Waals surface area contributed by atoms with Gasteiger partial charge in [0, 0.05) is 12.8 Å². The molecule has 0 saturated heterocycles. The number of carbonyl (C=O) groups is 3. The van der Waals surface area contributed by atoms with E-state index in [9.17, 15) is 19.5 Å². The van der Waals surface area contributed by atoms with E-state index in [1.807, 2.05) is 21.1 Å². The molecular formula is C52H86NO8+. The molecule has 0 aromatic heterocycles. The third kappa shape index (κ3) is 44.1. The number of hydrogen-bond donors (Lipinski definition) is 1. The number of ether oxygens (including phenoxy) is 4. The lowest BCUT2D eigenvalue weighted by Gasteiger charge is -2.25. The van der Waals surface area contributed by atoms with E-state index in [-0.39, 0.29) is 38.6 Å². The molecule has 0 aromatic rings. The van der Waals surface area contributed by atoms with Crippen LogP contribution in [0.1, 0.15) is 155 Å². The minimum Gasteiger partial charge on any atom is -0.477 e. The van der Waals surface area contributed by atoms with E-state index in [0.29, 0.717) is 23.9 Å². The van der Waals surface area contributed by atoms with Crippen molar-refractivity contribution >= 4 is 17.9 Å². The highest BCUT2D eigenvalue weighted by Crippen LogP contribution is 2.11. The highest BCUT2D eigenvalue weighted by atomic mass is 16.7. The summed E-state index contributed by atoms with van der Waals surface area (Å²) in [5, 5.41) is 9.64. The summed E-state index contributed by atoms with van der Waals surface area (Å²) in [5.74, 6) is -2.12. The van der Waals surface area contributed by atoms with Crippen molar-refractivity contribution in [3.05, 3.63) is 97.2 Å². The summed E-state index contributed by atoms with van der Waals surface area (Å²) in [7, 11) is 5.92. The van der Waals surface area contributed by atoms with Crippen LogP contribution >= 0.6 is 0 Å². The molecule has 0 aromatic carbocycles. The Kier molecular flexibility index (Phi) is 40.2. The first-order valence-electron chi connectivity index (χ1n) is 23.4. The van der Waals surface area contributed by atoms with Gasteiger partial charge in [0.25, 0.3) is 6.29 Å². The number of esters is 2. The van der Waals surface area contributed by atoms with Crippen molar-refractivity contribution in [2.24, 2.45) is 0 Å². The van der Waals surface area contributed by atoms with Gasteiger partial charge in [-0.05, 0) is 89.9 Å². The average molecular weight is 853 g/mol. The number of hydrogen-bond acceptors (Lipinski definition) is 7. The zero-order valence-electron chi connectivity index (χ0n) is 39.0. The molecule has 1 N–H and O–H groups in total. The van der Waals surface area contributed by atoms with Crippen LogP contribution in [-0.2, 0) is 33.3 Å². The van der Waals surface area contributed by atoms with Crippen LogP contribution in [-0.4, -0.2) is 87.4 Å². The molecule has 9 heteroatoms. The number of carboxylic acids is 1. The Balaban J connectivity index is 4.55. The number of unbranched alkanes of at least 4 members (excludes halogenated alkanes) is 10. The molecule has 0 aliphatic rings. The predicted octanol–water partition coefficient (Wildman–Crippen LogP) is 12.7. The van der Waals surface area contributed by atoms with Crippen LogP contribution in [0.2, 0.25) is 0 Å². The van der Waals surface area contributed by atoms with E-state index in [2.05, 4.69) is 111 Å². The number of rotatable bonds is 41. The molecule has 0 heterocycles. The molecule has 2 atom stereocenters. The second kappa shape index (κ2) is 42.9. The van der Waals surface area contributed by atoms with Gasteiger partial charge in [0.1, 0.15) is 13.2 Å². The second-order valence-electron chi connectivity index (χ2n) is 16.3. The van der Waals surface area contributed by atoms with Gasteiger partial charge in [-0.25, -0.2) is 4.79 Å². The summed E-state index contributed by atoms with van der Waals surface area (Å²) in [6.07, 6.45) is 53.3. The third-order valence-corrected chi connectivity index (χ3v) is 9.32. The van der Waals surface area contributed by atoms with Crippen LogP contribution in [0.15, 0.2) is 97.2 Å². The minimum atomic E-state index is -1.53. The summed E-state index contributed by atoms with van der Waals surface area (Å²) in [6, 6.07) is 0. The maximum Gasteiger partial charge on any atom is 0.361 e. The third-order valence-electron chi connectivity index (χ3n) is 9.32. The van der Waals surface area contributed by atoms with Gasteiger partial charge in [-0.2, -0.15) is 0 Å².